The van der Waals surface area contributed by atoms with Crippen LogP contribution in [0.2, 0.25) is 5.02 Å². The fourth-order valence-electron chi connectivity index (χ4n) is 5.40. The van der Waals surface area contributed by atoms with Crippen molar-refractivity contribution in [2.24, 2.45) is 0 Å². The summed E-state index contributed by atoms with van der Waals surface area (Å²) in [4.78, 5) is 31.3. The third-order valence-electron chi connectivity index (χ3n) is 7.32. The van der Waals surface area contributed by atoms with E-state index in [-0.39, 0.29) is 45.0 Å². The van der Waals surface area contributed by atoms with Crippen LogP contribution >= 0.6 is 11.6 Å². The quantitative estimate of drug-likeness (QED) is 0.336. The van der Waals surface area contributed by atoms with E-state index in [9.17, 15) is 18.0 Å². The number of halogens is 1. The second kappa shape index (κ2) is 12.2. The predicted molar refractivity (Wildman–Crippen MR) is 163 cm³/mol. The molecule has 4 rings (SSSR count). The van der Waals surface area contributed by atoms with E-state index in [4.69, 9.17) is 21.1 Å². The zero-order valence-electron chi connectivity index (χ0n) is 24.5. The fourth-order valence-corrected chi connectivity index (χ4v) is 7.28. The van der Waals surface area contributed by atoms with E-state index < -0.39 is 27.5 Å². The number of carbonyl (C=O) groups excluding carboxylic acids is 2. The molecule has 10 nitrogen and oxygen atoms in total. The zero-order valence-corrected chi connectivity index (χ0v) is 26.0. The molecule has 0 fully saturated rings. The number of likely N-dealkylation sites (N-methyl/N-ethyl adjacent to an activating group) is 1. The molecule has 0 radical (unpaired) electrons. The van der Waals surface area contributed by atoms with E-state index in [1.165, 1.54) is 25.3 Å². The van der Waals surface area contributed by atoms with Gasteiger partial charge in [0.15, 0.2) is 5.54 Å². The standard InChI is InChI=1S/C30H35ClN4O6S/c1-7-34(8-2)29(37)32-27-24(41-9-3)19-18-22-26(27)30(33(4)5,20-14-10-11-15-21(20)31)28(36)35(22)42(38,39)25-17-13-12-16-23(25)40-6/h10-19H,7-9H2,1-6H3,(H,32,37). The molecule has 0 saturated carbocycles. The summed E-state index contributed by atoms with van der Waals surface area (Å²) < 4.78 is 40.9. The summed E-state index contributed by atoms with van der Waals surface area (Å²) in [6.07, 6.45) is 0. The van der Waals surface area contributed by atoms with Gasteiger partial charge in [-0.1, -0.05) is 41.9 Å². The molecular weight excluding hydrogens is 580 g/mol. The number of para-hydroxylation sites is 1. The normalized spacial score (nSPS) is 16.4. The molecule has 12 heteroatoms. The van der Waals surface area contributed by atoms with Crippen LogP contribution in [0.15, 0.2) is 65.6 Å². The first-order valence-corrected chi connectivity index (χ1v) is 15.3. The smallest absolute Gasteiger partial charge is 0.321 e. The van der Waals surface area contributed by atoms with E-state index in [1.807, 2.05) is 13.8 Å². The summed E-state index contributed by atoms with van der Waals surface area (Å²) in [6.45, 7) is 6.60. The molecule has 0 saturated heterocycles. The Labute approximate surface area is 251 Å². The number of nitrogens with one attached hydrogen (secondary N) is 1. The molecule has 1 aliphatic heterocycles. The van der Waals surface area contributed by atoms with Crippen LogP contribution in [0.3, 0.4) is 0 Å². The van der Waals surface area contributed by atoms with Crippen LogP contribution in [-0.4, -0.2) is 71.1 Å². The van der Waals surface area contributed by atoms with Crippen molar-refractivity contribution in [1.29, 1.82) is 0 Å². The van der Waals surface area contributed by atoms with Crippen LogP contribution in [0.25, 0.3) is 0 Å². The number of benzene rings is 3. The Kier molecular flexibility index (Phi) is 9.05. The zero-order chi connectivity index (χ0) is 30.8. The van der Waals surface area contributed by atoms with Gasteiger partial charge in [-0.2, -0.15) is 0 Å². The lowest BCUT2D eigenvalue weighted by atomic mass is 9.81. The highest BCUT2D eigenvalue weighted by Crippen LogP contribution is 2.56. The Hall–Kier alpha value is -3.80. The van der Waals surface area contributed by atoms with Crippen molar-refractivity contribution >= 4 is 44.9 Å². The lowest BCUT2D eigenvalue weighted by Crippen LogP contribution is -2.52. The second-order valence-electron chi connectivity index (χ2n) is 9.68. The minimum atomic E-state index is -4.54. The Balaban J connectivity index is 2.16. The molecule has 1 N–H and O–H groups in total. The van der Waals surface area contributed by atoms with Crippen molar-refractivity contribution in [3.63, 3.8) is 0 Å². The molecule has 0 aromatic heterocycles. The van der Waals surface area contributed by atoms with Crippen molar-refractivity contribution in [3.05, 3.63) is 76.8 Å². The SMILES string of the molecule is CCOc1ccc2c(c1NC(=O)N(CC)CC)C(c1ccccc1Cl)(N(C)C)C(=O)N2S(=O)(=O)c1ccccc1OC. The topological polar surface area (TPSA) is 108 Å². The first-order chi connectivity index (χ1) is 20.0. The van der Waals surface area contributed by atoms with E-state index >= 15 is 0 Å². The maximum absolute atomic E-state index is 14.9. The van der Waals surface area contributed by atoms with Gasteiger partial charge in [-0.3, -0.25) is 9.69 Å². The monoisotopic (exact) mass is 614 g/mol. The van der Waals surface area contributed by atoms with Crippen LogP contribution in [-0.2, 0) is 20.4 Å². The first-order valence-electron chi connectivity index (χ1n) is 13.5. The Morgan fingerprint density at radius 2 is 1.62 bits per heavy atom. The van der Waals surface area contributed by atoms with Crippen LogP contribution < -0.4 is 19.1 Å². The lowest BCUT2D eigenvalue weighted by Gasteiger charge is -2.37. The number of fused-ring (bicyclic) bond motifs is 1. The second-order valence-corrected chi connectivity index (χ2v) is 11.8. The highest BCUT2D eigenvalue weighted by Gasteiger charge is 2.60. The summed E-state index contributed by atoms with van der Waals surface area (Å²) in [5.74, 6) is -0.444. The van der Waals surface area contributed by atoms with Crippen LogP contribution in [0.4, 0.5) is 16.2 Å². The molecule has 42 heavy (non-hydrogen) atoms. The van der Waals surface area contributed by atoms with Gasteiger partial charge in [0.1, 0.15) is 16.4 Å². The maximum Gasteiger partial charge on any atom is 0.321 e. The van der Waals surface area contributed by atoms with Crippen molar-refractivity contribution in [2.75, 3.05) is 50.5 Å². The molecule has 1 unspecified atom stereocenters. The highest BCUT2D eigenvalue weighted by atomic mass is 35.5. The number of sulfonamides is 1. The third kappa shape index (κ3) is 4.85. The van der Waals surface area contributed by atoms with E-state index in [0.717, 1.165) is 4.31 Å². The number of hydrogen-bond acceptors (Lipinski definition) is 7. The van der Waals surface area contributed by atoms with Gasteiger partial charge < -0.3 is 19.7 Å². The minimum absolute atomic E-state index is 0.0535. The number of ether oxygens (including phenoxy) is 2. The summed E-state index contributed by atoms with van der Waals surface area (Å²) >= 11 is 6.76. The van der Waals surface area contributed by atoms with Crippen molar-refractivity contribution in [2.45, 2.75) is 31.2 Å². The van der Waals surface area contributed by atoms with E-state index in [2.05, 4.69) is 5.32 Å². The molecule has 3 aromatic carbocycles. The van der Waals surface area contributed by atoms with Gasteiger partial charge in [0.2, 0.25) is 0 Å². The molecule has 3 aromatic rings. The van der Waals surface area contributed by atoms with Crippen LogP contribution in [0.5, 0.6) is 11.5 Å². The Morgan fingerprint density at radius 3 is 2.21 bits per heavy atom. The van der Waals surface area contributed by atoms with Crippen molar-refractivity contribution in [1.82, 2.24) is 9.80 Å². The Bertz CT molecular complexity index is 1610. The fraction of sp³-hybridized carbons (Fsp3) is 0.333. The number of nitrogens with zero attached hydrogens (tertiary/aromatic N) is 3. The van der Waals surface area contributed by atoms with Gasteiger partial charge in [0.05, 0.1) is 25.1 Å². The molecule has 1 heterocycles. The average molecular weight is 615 g/mol. The van der Waals surface area contributed by atoms with Crippen molar-refractivity contribution < 1.29 is 27.5 Å². The predicted octanol–water partition coefficient (Wildman–Crippen LogP) is 5.16. The van der Waals surface area contributed by atoms with E-state index in [0.29, 0.717) is 18.7 Å². The van der Waals surface area contributed by atoms with Gasteiger partial charge >= 0.3 is 6.03 Å². The van der Waals surface area contributed by atoms with Crippen LogP contribution in [0.1, 0.15) is 31.9 Å². The average Bonchev–Trinajstić information content (AvgIpc) is 3.24. The molecular formula is C30H35ClN4O6S. The van der Waals surface area contributed by atoms with Crippen LogP contribution in [0, 0.1) is 0 Å². The number of urea groups is 1. The summed E-state index contributed by atoms with van der Waals surface area (Å²) in [6, 6.07) is 15.5. The highest BCUT2D eigenvalue weighted by molar-refractivity contribution is 7.93. The lowest BCUT2D eigenvalue weighted by molar-refractivity contribution is -0.125. The number of carbonyl (C=O) groups is 2. The van der Waals surface area contributed by atoms with E-state index in [1.54, 1.807) is 73.3 Å². The van der Waals surface area contributed by atoms with Gasteiger partial charge in [0, 0.05) is 29.2 Å². The molecule has 224 valence electrons. The van der Waals surface area contributed by atoms with Gasteiger partial charge in [-0.15, -0.1) is 0 Å². The molecule has 0 bridgehead atoms. The minimum Gasteiger partial charge on any atom is -0.495 e. The molecule has 0 spiro atoms. The molecule has 1 atom stereocenters. The number of hydrogen-bond donors (Lipinski definition) is 1. The molecule has 3 amide bonds. The van der Waals surface area contributed by atoms with Gasteiger partial charge in [-0.25, -0.2) is 17.5 Å². The number of anilines is 2. The van der Waals surface area contributed by atoms with Crippen molar-refractivity contribution in [3.8, 4) is 11.5 Å². The number of rotatable bonds is 10. The third-order valence-corrected chi connectivity index (χ3v) is 9.39. The maximum atomic E-state index is 14.9. The van der Waals surface area contributed by atoms with Gasteiger partial charge in [0.25, 0.3) is 15.9 Å². The summed E-state index contributed by atoms with van der Waals surface area (Å²) in [5, 5.41) is 3.19. The molecule has 0 aliphatic carbocycles. The number of methoxy groups -OCH3 is 1. The summed E-state index contributed by atoms with van der Waals surface area (Å²) in [7, 11) is 0.139. The summed E-state index contributed by atoms with van der Waals surface area (Å²) in [5.41, 5.74) is -0.992. The largest absolute Gasteiger partial charge is 0.495 e. The van der Waals surface area contributed by atoms with Gasteiger partial charge in [-0.05, 0) is 65.2 Å². The first kappa shape index (κ1) is 31.1. The Morgan fingerprint density at radius 1 is 0.976 bits per heavy atom. The molecule has 1 aliphatic rings. The number of amides is 3.